The summed E-state index contributed by atoms with van der Waals surface area (Å²) >= 11 is 2.38. The predicted molar refractivity (Wildman–Crippen MR) is 128 cm³/mol. The van der Waals surface area contributed by atoms with Crippen molar-refractivity contribution in [3.8, 4) is 5.75 Å². The number of hydrogen-bond donors (Lipinski definition) is 1. The average molecular weight is 490 g/mol. The van der Waals surface area contributed by atoms with Crippen molar-refractivity contribution in [3.63, 3.8) is 0 Å². The van der Waals surface area contributed by atoms with Crippen LogP contribution in [0.5, 0.6) is 5.75 Å². The zero-order valence-electron chi connectivity index (χ0n) is 19.3. The Morgan fingerprint density at radius 3 is 2.70 bits per heavy atom. The molecule has 1 amide bonds. The molecule has 0 saturated heterocycles. The molecule has 176 valence electrons. The summed E-state index contributed by atoms with van der Waals surface area (Å²) in [5.74, 6) is 0.951. The lowest BCUT2D eigenvalue weighted by molar-refractivity contribution is -0.113. The van der Waals surface area contributed by atoms with Gasteiger partial charge in [0.15, 0.2) is 16.1 Å². The summed E-state index contributed by atoms with van der Waals surface area (Å²) in [6.45, 7) is 10.7. The first-order valence-electron chi connectivity index (χ1n) is 10.5. The second kappa shape index (κ2) is 11.3. The molecule has 0 atom stereocenters. The van der Waals surface area contributed by atoms with Gasteiger partial charge in [-0.15, -0.1) is 10.2 Å². The lowest BCUT2D eigenvalue weighted by atomic mass is 10.1. The largest absolute Gasteiger partial charge is 0.485 e. The fraction of sp³-hybridized carbons (Fsp3) is 0.409. The zero-order chi connectivity index (χ0) is 24.0. The summed E-state index contributed by atoms with van der Waals surface area (Å²) in [6, 6.07) is 5.94. The number of carbonyl (C=O) groups excluding carboxylic acids is 2. The van der Waals surface area contributed by atoms with E-state index in [1.807, 2.05) is 43.5 Å². The highest BCUT2D eigenvalue weighted by Crippen LogP contribution is 2.25. The van der Waals surface area contributed by atoms with Crippen molar-refractivity contribution < 1.29 is 19.1 Å². The van der Waals surface area contributed by atoms with Gasteiger partial charge >= 0.3 is 5.97 Å². The van der Waals surface area contributed by atoms with Crippen molar-refractivity contribution in [3.05, 3.63) is 45.7 Å². The topological polar surface area (TPSA) is 108 Å². The van der Waals surface area contributed by atoms with E-state index in [2.05, 4.69) is 20.5 Å². The highest BCUT2D eigenvalue weighted by Gasteiger charge is 2.19. The quantitative estimate of drug-likeness (QED) is 0.334. The molecule has 0 aliphatic rings. The molecule has 0 saturated carbocycles. The number of amides is 1. The van der Waals surface area contributed by atoms with Crippen molar-refractivity contribution in [1.82, 2.24) is 19.7 Å². The van der Waals surface area contributed by atoms with Crippen LogP contribution < -0.4 is 10.1 Å². The van der Waals surface area contributed by atoms with E-state index in [4.69, 9.17) is 9.47 Å². The van der Waals surface area contributed by atoms with Crippen LogP contribution in [0, 0.1) is 20.8 Å². The number of nitrogens with zero attached hydrogens (tertiary/aromatic N) is 4. The highest BCUT2D eigenvalue weighted by molar-refractivity contribution is 7.99. The normalized spacial score (nSPS) is 10.8. The Balaban J connectivity index is 1.58. The Bertz CT molecular complexity index is 1140. The minimum atomic E-state index is -0.436. The molecule has 2 heterocycles. The van der Waals surface area contributed by atoms with Gasteiger partial charge in [-0.3, -0.25) is 4.79 Å². The van der Waals surface area contributed by atoms with Crippen molar-refractivity contribution >= 4 is 40.1 Å². The Labute approximate surface area is 200 Å². The summed E-state index contributed by atoms with van der Waals surface area (Å²) in [5, 5.41) is 12.2. The zero-order valence-corrected chi connectivity index (χ0v) is 20.9. The van der Waals surface area contributed by atoms with Gasteiger partial charge in [0.1, 0.15) is 17.2 Å². The third-order valence-electron chi connectivity index (χ3n) is 4.86. The maximum atomic E-state index is 12.4. The van der Waals surface area contributed by atoms with Crippen LogP contribution in [0.1, 0.15) is 46.2 Å². The van der Waals surface area contributed by atoms with Gasteiger partial charge in [-0.25, -0.2) is 9.78 Å². The number of aryl methyl sites for hydroxylation is 2. The fourth-order valence-corrected chi connectivity index (χ4v) is 4.69. The molecule has 0 spiro atoms. The number of carbonyl (C=O) groups is 2. The van der Waals surface area contributed by atoms with E-state index in [-0.39, 0.29) is 24.9 Å². The summed E-state index contributed by atoms with van der Waals surface area (Å²) in [4.78, 5) is 29.0. The van der Waals surface area contributed by atoms with Gasteiger partial charge in [0.25, 0.3) is 0 Å². The molecule has 3 aromatic rings. The molecule has 1 aromatic carbocycles. The molecular weight excluding hydrogens is 462 g/mol. The molecule has 11 heteroatoms. The van der Waals surface area contributed by atoms with E-state index in [0.29, 0.717) is 33.2 Å². The molecule has 3 rings (SSSR count). The van der Waals surface area contributed by atoms with Crippen molar-refractivity contribution in [2.45, 2.75) is 52.9 Å². The molecule has 0 unspecified atom stereocenters. The molecule has 1 N–H and O–H groups in total. The van der Waals surface area contributed by atoms with Crippen LogP contribution in [0.3, 0.4) is 0 Å². The maximum Gasteiger partial charge on any atom is 0.350 e. The number of ether oxygens (including phenoxy) is 2. The fourth-order valence-electron chi connectivity index (χ4n) is 2.99. The molecule has 0 fully saturated rings. The number of nitrogens with one attached hydrogen (secondary N) is 1. The Morgan fingerprint density at radius 2 is 1.97 bits per heavy atom. The van der Waals surface area contributed by atoms with Crippen molar-refractivity contribution in [2.75, 3.05) is 17.7 Å². The maximum absolute atomic E-state index is 12.4. The Hall–Kier alpha value is -2.92. The Morgan fingerprint density at radius 1 is 1.18 bits per heavy atom. The molecule has 0 bridgehead atoms. The Kier molecular flexibility index (Phi) is 8.45. The third kappa shape index (κ3) is 6.11. The van der Waals surface area contributed by atoms with Gasteiger partial charge in [0.05, 0.1) is 18.1 Å². The van der Waals surface area contributed by atoms with Gasteiger partial charge < -0.3 is 19.4 Å². The smallest absolute Gasteiger partial charge is 0.350 e. The van der Waals surface area contributed by atoms with Crippen LogP contribution in [0.2, 0.25) is 0 Å². The van der Waals surface area contributed by atoms with Gasteiger partial charge in [-0.2, -0.15) is 0 Å². The lowest BCUT2D eigenvalue weighted by Crippen LogP contribution is -2.14. The van der Waals surface area contributed by atoms with Crippen LogP contribution in [-0.2, 0) is 22.7 Å². The predicted octanol–water partition coefficient (Wildman–Crippen LogP) is 4.17. The van der Waals surface area contributed by atoms with E-state index in [0.717, 1.165) is 28.2 Å². The van der Waals surface area contributed by atoms with Crippen LogP contribution in [-0.4, -0.2) is 44.0 Å². The van der Waals surface area contributed by atoms with E-state index >= 15 is 0 Å². The van der Waals surface area contributed by atoms with Crippen LogP contribution >= 0.6 is 23.1 Å². The first-order valence-corrected chi connectivity index (χ1v) is 12.3. The molecule has 2 aromatic heterocycles. The number of aromatic nitrogens is 4. The monoisotopic (exact) mass is 489 g/mol. The minimum Gasteiger partial charge on any atom is -0.485 e. The van der Waals surface area contributed by atoms with Crippen LogP contribution in [0.25, 0.3) is 0 Å². The third-order valence-corrected chi connectivity index (χ3v) is 6.88. The number of thioether (sulfide) groups is 1. The summed E-state index contributed by atoms with van der Waals surface area (Å²) in [7, 11) is 0. The molecule has 9 nitrogen and oxygen atoms in total. The second-order valence-electron chi connectivity index (χ2n) is 7.12. The molecule has 33 heavy (non-hydrogen) atoms. The minimum absolute atomic E-state index is 0.128. The first kappa shape index (κ1) is 24.7. The summed E-state index contributed by atoms with van der Waals surface area (Å²) < 4.78 is 12.9. The number of thiazole rings is 1. The molecule has 0 aliphatic heterocycles. The number of hydrogen-bond acceptors (Lipinski definition) is 9. The van der Waals surface area contributed by atoms with Crippen LogP contribution in [0.4, 0.5) is 5.13 Å². The SMILES string of the molecule is CCOC(=O)c1sc(NC(=O)CSc2nnc(COc3cccc(C)c3C)n2CC)nc1C. The second-order valence-corrected chi connectivity index (χ2v) is 9.06. The standard InChI is InChI=1S/C22H27N5O4S2/c1-6-27-17(11-31-16-10-8-9-13(3)14(16)4)25-26-22(27)32-12-18(28)24-21-23-15(5)19(33-21)20(29)30-7-2/h8-10H,6-7,11-12H2,1-5H3,(H,23,24,28). The van der Waals surface area contributed by atoms with E-state index in [1.165, 1.54) is 11.8 Å². The molecular formula is C22H27N5O4S2. The first-order chi connectivity index (χ1) is 15.8. The van der Waals surface area contributed by atoms with Crippen LogP contribution in [0.15, 0.2) is 23.4 Å². The number of benzene rings is 1. The lowest BCUT2D eigenvalue weighted by Gasteiger charge is -2.11. The molecule has 0 radical (unpaired) electrons. The number of rotatable bonds is 10. The highest BCUT2D eigenvalue weighted by atomic mass is 32.2. The van der Waals surface area contributed by atoms with Crippen molar-refractivity contribution in [2.24, 2.45) is 0 Å². The van der Waals surface area contributed by atoms with Gasteiger partial charge in [0, 0.05) is 6.54 Å². The average Bonchev–Trinajstić information content (AvgIpc) is 3.35. The van der Waals surface area contributed by atoms with E-state index in [1.54, 1.807) is 13.8 Å². The molecule has 0 aliphatic carbocycles. The van der Waals surface area contributed by atoms with Crippen molar-refractivity contribution in [1.29, 1.82) is 0 Å². The van der Waals surface area contributed by atoms with E-state index in [9.17, 15) is 9.59 Å². The summed E-state index contributed by atoms with van der Waals surface area (Å²) in [6.07, 6.45) is 0. The number of esters is 1. The number of anilines is 1. The summed E-state index contributed by atoms with van der Waals surface area (Å²) in [5.41, 5.74) is 2.78. The van der Waals surface area contributed by atoms with Gasteiger partial charge in [0.2, 0.25) is 5.91 Å². The van der Waals surface area contributed by atoms with E-state index < -0.39 is 5.97 Å². The van der Waals surface area contributed by atoms with Gasteiger partial charge in [-0.05, 0) is 51.8 Å². The van der Waals surface area contributed by atoms with Gasteiger partial charge in [-0.1, -0.05) is 35.2 Å².